The summed E-state index contributed by atoms with van der Waals surface area (Å²) in [6.07, 6.45) is 25.1. The van der Waals surface area contributed by atoms with Crippen molar-refractivity contribution in [3.63, 3.8) is 0 Å². The lowest BCUT2D eigenvalue weighted by molar-refractivity contribution is -0.135. The van der Waals surface area contributed by atoms with E-state index in [1.54, 1.807) is 12.2 Å². The first-order valence-corrected chi connectivity index (χ1v) is 9.13. The van der Waals surface area contributed by atoms with Crippen molar-refractivity contribution in [1.29, 1.82) is 0 Å². The number of allylic oxidation sites excluding steroid dienone is 16. The van der Waals surface area contributed by atoms with Crippen molar-refractivity contribution in [3.8, 4) is 0 Å². The molecule has 0 aliphatic carbocycles. The summed E-state index contributed by atoms with van der Waals surface area (Å²) in [7, 11) is 1.35. The first kappa shape index (κ1) is 25.6. The van der Waals surface area contributed by atoms with E-state index in [9.17, 15) is 9.59 Å². The minimum absolute atomic E-state index is 0.377. The molecule has 29 heavy (non-hydrogen) atoms. The molecule has 0 aromatic rings. The summed E-state index contributed by atoms with van der Waals surface area (Å²) >= 11 is 0. The van der Waals surface area contributed by atoms with Crippen LogP contribution >= 0.6 is 0 Å². The van der Waals surface area contributed by atoms with Gasteiger partial charge in [-0.3, -0.25) is 0 Å². The van der Waals surface area contributed by atoms with Gasteiger partial charge in [-0.15, -0.1) is 0 Å². The Morgan fingerprint density at radius 3 is 1.28 bits per heavy atom. The smallest absolute Gasteiger partial charge is 0.330 e. The van der Waals surface area contributed by atoms with Gasteiger partial charge in [0.1, 0.15) is 0 Å². The molecule has 0 aliphatic rings. The van der Waals surface area contributed by atoms with Crippen molar-refractivity contribution in [2.24, 2.45) is 0 Å². The van der Waals surface area contributed by atoms with Gasteiger partial charge in [0.2, 0.25) is 0 Å². The van der Waals surface area contributed by atoms with Crippen molar-refractivity contribution >= 4 is 11.9 Å². The van der Waals surface area contributed by atoms with Crippen LogP contribution in [0.25, 0.3) is 0 Å². The van der Waals surface area contributed by atoms with Crippen LogP contribution < -0.4 is 0 Å². The summed E-state index contributed by atoms with van der Waals surface area (Å²) < 4.78 is 4.52. The molecule has 0 saturated carbocycles. The Morgan fingerprint density at radius 1 is 0.586 bits per heavy atom. The van der Waals surface area contributed by atoms with Gasteiger partial charge in [-0.05, 0) is 27.7 Å². The highest BCUT2D eigenvalue weighted by atomic mass is 16.5. The molecule has 0 aliphatic heterocycles. The number of methoxy groups -OCH3 is 1. The largest absolute Gasteiger partial charge is 0.478 e. The summed E-state index contributed by atoms with van der Waals surface area (Å²) in [5.74, 6) is -1.33. The molecule has 4 nitrogen and oxygen atoms in total. The predicted octanol–water partition coefficient (Wildman–Crippen LogP) is 5.81. The van der Waals surface area contributed by atoms with Gasteiger partial charge in [0.25, 0.3) is 0 Å². The SMILES string of the molecule is COC(=O)\C=C/C=C(C)\C=C/C=C(C)\C=C/C=C(C)/C=C\C=C(C)\C=C/C(=O)O. The normalized spacial score (nSPS) is 14.9. The molecule has 0 amide bonds. The third kappa shape index (κ3) is 16.5. The lowest BCUT2D eigenvalue weighted by Gasteiger charge is -1.91. The van der Waals surface area contributed by atoms with Gasteiger partial charge < -0.3 is 9.84 Å². The van der Waals surface area contributed by atoms with Crippen molar-refractivity contribution in [3.05, 3.63) is 107 Å². The van der Waals surface area contributed by atoms with E-state index >= 15 is 0 Å². The minimum Gasteiger partial charge on any atom is -0.478 e. The summed E-state index contributed by atoms with van der Waals surface area (Å²) in [5.41, 5.74) is 4.05. The fourth-order valence-electron chi connectivity index (χ4n) is 1.83. The van der Waals surface area contributed by atoms with Crippen LogP contribution in [-0.4, -0.2) is 24.2 Å². The van der Waals surface area contributed by atoms with Crippen molar-refractivity contribution in [2.45, 2.75) is 27.7 Å². The average molecular weight is 395 g/mol. The summed E-state index contributed by atoms with van der Waals surface area (Å²) in [6.45, 7) is 7.79. The second-order valence-electron chi connectivity index (χ2n) is 6.27. The first-order valence-electron chi connectivity index (χ1n) is 9.13. The van der Waals surface area contributed by atoms with Gasteiger partial charge in [-0.2, -0.15) is 0 Å². The summed E-state index contributed by atoms with van der Waals surface area (Å²) in [5, 5.41) is 8.58. The van der Waals surface area contributed by atoms with Crippen LogP contribution in [0, 0.1) is 0 Å². The Bertz CT molecular complexity index is 823. The molecular weight excluding hydrogens is 364 g/mol. The van der Waals surface area contributed by atoms with Gasteiger partial charge in [0.05, 0.1) is 7.11 Å². The van der Waals surface area contributed by atoms with Crippen LogP contribution in [0.1, 0.15) is 27.7 Å². The highest BCUT2D eigenvalue weighted by Gasteiger charge is 1.88. The number of carboxylic acid groups (broad SMARTS) is 1. The van der Waals surface area contributed by atoms with Crippen LogP contribution in [0.15, 0.2) is 107 Å². The Morgan fingerprint density at radius 2 is 0.931 bits per heavy atom. The molecule has 0 unspecified atom stereocenters. The maximum absolute atomic E-state index is 11.0. The van der Waals surface area contributed by atoms with E-state index in [1.807, 2.05) is 88.5 Å². The highest BCUT2D eigenvalue weighted by Crippen LogP contribution is 2.03. The number of aliphatic carboxylic acids is 1. The van der Waals surface area contributed by atoms with Gasteiger partial charge >= 0.3 is 11.9 Å². The van der Waals surface area contributed by atoms with Crippen LogP contribution in [0.3, 0.4) is 0 Å². The Kier molecular flexibility index (Phi) is 13.8. The number of carbonyl (C=O) groups excluding carboxylic acids is 1. The molecule has 0 aromatic heterocycles. The molecule has 0 rings (SSSR count). The molecule has 0 bridgehead atoms. The molecule has 4 heteroatoms. The molecule has 0 aromatic carbocycles. The second-order valence-corrected chi connectivity index (χ2v) is 6.27. The molecular formula is C25H30O4. The van der Waals surface area contributed by atoms with Gasteiger partial charge in [-0.25, -0.2) is 9.59 Å². The number of carbonyl (C=O) groups is 2. The molecule has 1 N–H and O–H groups in total. The maximum atomic E-state index is 11.0. The molecule has 154 valence electrons. The zero-order valence-corrected chi connectivity index (χ0v) is 17.8. The van der Waals surface area contributed by atoms with E-state index in [1.165, 1.54) is 13.2 Å². The van der Waals surface area contributed by atoms with Gasteiger partial charge in [0, 0.05) is 12.2 Å². The molecule has 0 spiro atoms. The molecule has 0 heterocycles. The Labute approximate surface area is 174 Å². The fourth-order valence-corrected chi connectivity index (χ4v) is 1.83. The van der Waals surface area contributed by atoms with E-state index in [0.29, 0.717) is 0 Å². The second kappa shape index (κ2) is 15.6. The molecule has 0 saturated heterocycles. The first-order chi connectivity index (χ1) is 13.7. The minimum atomic E-state index is -0.956. The average Bonchev–Trinajstić information content (AvgIpc) is 2.66. The Balaban J connectivity index is 4.69. The predicted molar refractivity (Wildman–Crippen MR) is 120 cm³/mol. The van der Waals surface area contributed by atoms with Gasteiger partial charge in [-0.1, -0.05) is 95.2 Å². The number of carboxylic acids is 1. The van der Waals surface area contributed by atoms with E-state index < -0.39 is 5.97 Å². The van der Waals surface area contributed by atoms with Crippen molar-refractivity contribution in [1.82, 2.24) is 0 Å². The van der Waals surface area contributed by atoms with Crippen molar-refractivity contribution in [2.75, 3.05) is 7.11 Å². The monoisotopic (exact) mass is 394 g/mol. The van der Waals surface area contributed by atoms with Crippen LogP contribution in [0.5, 0.6) is 0 Å². The van der Waals surface area contributed by atoms with E-state index in [2.05, 4.69) is 4.74 Å². The third-order valence-electron chi connectivity index (χ3n) is 3.44. The summed E-state index contributed by atoms with van der Waals surface area (Å²) in [6, 6.07) is 0. The highest BCUT2D eigenvalue weighted by molar-refractivity contribution is 5.82. The molecule has 0 atom stereocenters. The van der Waals surface area contributed by atoms with Crippen LogP contribution in [0.4, 0.5) is 0 Å². The maximum Gasteiger partial charge on any atom is 0.330 e. The number of hydrogen-bond donors (Lipinski definition) is 1. The van der Waals surface area contributed by atoms with E-state index in [4.69, 9.17) is 5.11 Å². The molecule has 0 radical (unpaired) electrons. The van der Waals surface area contributed by atoms with Crippen molar-refractivity contribution < 1.29 is 19.4 Å². The van der Waals surface area contributed by atoms with Crippen LogP contribution in [-0.2, 0) is 14.3 Å². The zero-order chi connectivity index (χ0) is 22.1. The zero-order valence-electron chi connectivity index (χ0n) is 17.8. The van der Waals surface area contributed by atoms with Crippen LogP contribution in [0.2, 0.25) is 0 Å². The quantitative estimate of drug-likeness (QED) is 0.288. The number of esters is 1. The summed E-state index contributed by atoms with van der Waals surface area (Å²) in [4.78, 5) is 21.4. The number of ether oxygens (including phenoxy) is 1. The number of hydrogen-bond acceptors (Lipinski definition) is 3. The third-order valence-corrected chi connectivity index (χ3v) is 3.44. The lowest BCUT2D eigenvalue weighted by atomic mass is 10.2. The fraction of sp³-hybridized carbons (Fsp3) is 0.200. The number of rotatable bonds is 10. The van der Waals surface area contributed by atoms with E-state index in [-0.39, 0.29) is 5.97 Å². The van der Waals surface area contributed by atoms with Gasteiger partial charge in [0.15, 0.2) is 0 Å². The molecule has 0 fully saturated rings. The lowest BCUT2D eigenvalue weighted by Crippen LogP contribution is -1.92. The van der Waals surface area contributed by atoms with E-state index in [0.717, 1.165) is 28.4 Å². The topological polar surface area (TPSA) is 63.6 Å². The standard InChI is InChI=1S/C25H30O4/c1-20(12-7-13-22(3)16-9-17-25(28)29-5)10-6-11-21(2)14-8-15-23(4)18-19-24(26)27/h6-19H,1-5H3,(H,26,27)/b10-6-,13-7-,14-8-,17-9-,19-18-,20-12-,21-11+,22-16-,23-15+. The Hall–Kier alpha value is -3.40.